The summed E-state index contributed by atoms with van der Waals surface area (Å²) in [5.74, 6) is -1.17. The zero-order valence-electron chi connectivity index (χ0n) is 12.0. The number of halogens is 1. The first-order valence-corrected chi connectivity index (χ1v) is 7.32. The molecule has 4 nitrogen and oxygen atoms in total. The quantitative estimate of drug-likeness (QED) is 0.943. The van der Waals surface area contributed by atoms with Crippen LogP contribution >= 0.6 is 0 Å². The molecule has 0 amide bonds. The van der Waals surface area contributed by atoms with Gasteiger partial charge in [-0.15, -0.1) is 0 Å². The molecule has 114 valence electrons. The number of likely N-dealkylation sites (tertiary alicyclic amines) is 1. The van der Waals surface area contributed by atoms with Gasteiger partial charge in [-0.1, -0.05) is 18.2 Å². The summed E-state index contributed by atoms with van der Waals surface area (Å²) >= 11 is 0. The van der Waals surface area contributed by atoms with Crippen molar-refractivity contribution in [2.45, 2.75) is 24.9 Å². The number of aromatic nitrogens is 1. The number of hydrogen-bond donors (Lipinski definition) is 1. The van der Waals surface area contributed by atoms with Gasteiger partial charge in [-0.3, -0.25) is 14.7 Å². The van der Waals surface area contributed by atoms with Gasteiger partial charge >= 0.3 is 5.97 Å². The lowest BCUT2D eigenvalue weighted by Gasteiger charge is -2.31. The van der Waals surface area contributed by atoms with Gasteiger partial charge < -0.3 is 5.11 Å². The number of rotatable bonds is 4. The van der Waals surface area contributed by atoms with Gasteiger partial charge in [0, 0.05) is 12.7 Å². The van der Waals surface area contributed by atoms with E-state index in [1.165, 1.54) is 12.1 Å². The fourth-order valence-corrected chi connectivity index (χ4v) is 3.11. The van der Waals surface area contributed by atoms with Crippen molar-refractivity contribution < 1.29 is 14.3 Å². The van der Waals surface area contributed by atoms with Gasteiger partial charge in [0.1, 0.15) is 11.9 Å². The maximum atomic E-state index is 13.6. The topological polar surface area (TPSA) is 53.4 Å². The fourth-order valence-electron chi connectivity index (χ4n) is 3.11. The smallest absolute Gasteiger partial charge is 0.320 e. The second-order valence-electron chi connectivity index (χ2n) is 5.45. The molecule has 2 unspecified atom stereocenters. The molecule has 0 radical (unpaired) electrons. The number of benzene rings is 1. The van der Waals surface area contributed by atoms with E-state index in [9.17, 15) is 14.3 Å². The average Bonchev–Trinajstić information content (AvgIpc) is 2.98. The molecule has 1 aliphatic heterocycles. The van der Waals surface area contributed by atoms with Gasteiger partial charge in [-0.25, -0.2) is 4.39 Å². The molecule has 5 heteroatoms. The lowest BCUT2D eigenvalue weighted by molar-refractivity contribution is -0.142. The van der Waals surface area contributed by atoms with Crippen LogP contribution in [-0.4, -0.2) is 33.5 Å². The Kier molecular flexibility index (Phi) is 4.15. The normalized spacial score (nSPS) is 20.0. The minimum atomic E-state index is -0.838. The molecule has 2 aromatic rings. The zero-order chi connectivity index (χ0) is 15.5. The highest BCUT2D eigenvalue weighted by Gasteiger charge is 2.37. The Balaban J connectivity index is 2.05. The van der Waals surface area contributed by atoms with Crippen LogP contribution in [0.2, 0.25) is 0 Å². The van der Waals surface area contributed by atoms with Gasteiger partial charge in [0.25, 0.3) is 0 Å². The third-order valence-electron chi connectivity index (χ3n) is 4.04. The van der Waals surface area contributed by atoms with Crippen LogP contribution in [0.25, 0.3) is 0 Å². The molecule has 22 heavy (non-hydrogen) atoms. The summed E-state index contributed by atoms with van der Waals surface area (Å²) in [5.41, 5.74) is 1.47. The predicted molar refractivity (Wildman–Crippen MR) is 79.8 cm³/mol. The number of hydrogen-bond acceptors (Lipinski definition) is 3. The molecule has 0 bridgehead atoms. The highest BCUT2D eigenvalue weighted by Crippen LogP contribution is 2.34. The van der Waals surface area contributed by atoms with Crippen molar-refractivity contribution in [1.82, 2.24) is 9.88 Å². The molecule has 1 saturated heterocycles. The van der Waals surface area contributed by atoms with E-state index in [4.69, 9.17) is 0 Å². The van der Waals surface area contributed by atoms with Crippen molar-refractivity contribution in [3.05, 3.63) is 65.7 Å². The van der Waals surface area contributed by atoms with Gasteiger partial charge in [0.15, 0.2) is 0 Å². The number of aliphatic carboxylic acids is 1. The Bertz CT molecular complexity index is 663. The first-order valence-electron chi connectivity index (χ1n) is 7.32. The average molecular weight is 300 g/mol. The van der Waals surface area contributed by atoms with Crippen LogP contribution < -0.4 is 0 Å². The van der Waals surface area contributed by atoms with E-state index in [0.717, 1.165) is 17.7 Å². The zero-order valence-corrected chi connectivity index (χ0v) is 12.0. The molecular weight excluding hydrogens is 283 g/mol. The maximum Gasteiger partial charge on any atom is 0.320 e. The van der Waals surface area contributed by atoms with E-state index >= 15 is 0 Å². The summed E-state index contributed by atoms with van der Waals surface area (Å²) in [7, 11) is 0. The van der Waals surface area contributed by atoms with E-state index in [1.54, 1.807) is 12.3 Å². The SMILES string of the molecule is O=C(O)C1CCCN1C(c1cccc(F)c1)c1ccccn1. The van der Waals surface area contributed by atoms with Crippen LogP contribution in [-0.2, 0) is 4.79 Å². The van der Waals surface area contributed by atoms with Crippen LogP contribution in [0.5, 0.6) is 0 Å². The molecule has 3 rings (SSSR count). The summed E-state index contributed by atoms with van der Waals surface area (Å²) in [6.45, 7) is 0.661. The first-order chi connectivity index (χ1) is 10.7. The molecule has 1 aromatic carbocycles. The molecule has 1 aliphatic rings. The molecule has 1 fully saturated rings. The maximum absolute atomic E-state index is 13.6. The van der Waals surface area contributed by atoms with Crippen molar-refractivity contribution >= 4 is 5.97 Å². The lowest BCUT2D eigenvalue weighted by Crippen LogP contribution is -2.39. The van der Waals surface area contributed by atoms with E-state index in [1.807, 2.05) is 29.2 Å². The first kappa shape index (κ1) is 14.7. The van der Waals surface area contributed by atoms with Crippen LogP contribution in [0, 0.1) is 5.82 Å². The molecule has 2 heterocycles. The van der Waals surface area contributed by atoms with E-state index in [2.05, 4.69) is 4.98 Å². The van der Waals surface area contributed by atoms with Crippen molar-refractivity contribution in [2.24, 2.45) is 0 Å². The largest absolute Gasteiger partial charge is 0.480 e. The number of carboxylic acids is 1. The van der Waals surface area contributed by atoms with Crippen LogP contribution in [0.15, 0.2) is 48.7 Å². The number of pyridine rings is 1. The molecular formula is C17H17FN2O2. The van der Waals surface area contributed by atoms with E-state index in [0.29, 0.717) is 13.0 Å². The van der Waals surface area contributed by atoms with Gasteiger partial charge in [-0.05, 0) is 42.7 Å². The summed E-state index contributed by atoms with van der Waals surface area (Å²) in [4.78, 5) is 17.8. The van der Waals surface area contributed by atoms with Crippen molar-refractivity contribution in [3.63, 3.8) is 0 Å². The monoisotopic (exact) mass is 300 g/mol. The molecule has 0 saturated carbocycles. The number of carboxylic acid groups (broad SMARTS) is 1. The molecule has 0 aliphatic carbocycles. The van der Waals surface area contributed by atoms with Crippen LogP contribution in [0.3, 0.4) is 0 Å². The highest BCUT2D eigenvalue weighted by molar-refractivity contribution is 5.74. The van der Waals surface area contributed by atoms with E-state index < -0.39 is 12.0 Å². The predicted octanol–water partition coefficient (Wildman–Crippen LogP) is 2.86. The number of carbonyl (C=O) groups is 1. The third kappa shape index (κ3) is 2.85. The van der Waals surface area contributed by atoms with Crippen molar-refractivity contribution in [3.8, 4) is 0 Å². The van der Waals surface area contributed by atoms with Gasteiger partial charge in [0.05, 0.1) is 11.7 Å². The molecule has 1 N–H and O–H groups in total. The van der Waals surface area contributed by atoms with Crippen LogP contribution in [0.1, 0.15) is 30.1 Å². The highest BCUT2D eigenvalue weighted by atomic mass is 19.1. The van der Waals surface area contributed by atoms with Crippen molar-refractivity contribution in [1.29, 1.82) is 0 Å². The fraction of sp³-hybridized carbons (Fsp3) is 0.294. The third-order valence-corrected chi connectivity index (χ3v) is 4.04. The molecule has 2 atom stereocenters. The summed E-state index contributed by atoms with van der Waals surface area (Å²) in [5, 5.41) is 9.44. The van der Waals surface area contributed by atoms with Gasteiger partial charge in [-0.2, -0.15) is 0 Å². The minimum absolute atomic E-state index is 0.329. The standard InChI is InChI=1S/C17H17FN2O2/c18-13-6-3-5-12(11-13)16(14-7-1-2-9-19-14)20-10-4-8-15(20)17(21)22/h1-3,5-7,9,11,15-16H,4,8,10H2,(H,21,22). The summed E-state index contributed by atoms with van der Waals surface area (Å²) in [6, 6.07) is 10.9. The Morgan fingerprint density at radius 1 is 1.32 bits per heavy atom. The van der Waals surface area contributed by atoms with Crippen LogP contribution in [0.4, 0.5) is 4.39 Å². The van der Waals surface area contributed by atoms with Gasteiger partial charge in [0.2, 0.25) is 0 Å². The Morgan fingerprint density at radius 3 is 2.86 bits per heavy atom. The minimum Gasteiger partial charge on any atom is -0.480 e. The lowest BCUT2D eigenvalue weighted by atomic mass is 10.00. The Hall–Kier alpha value is -2.27. The molecule has 0 spiro atoms. The number of nitrogens with zero attached hydrogens (tertiary/aromatic N) is 2. The Labute approximate surface area is 128 Å². The van der Waals surface area contributed by atoms with Crippen molar-refractivity contribution in [2.75, 3.05) is 6.54 Å². The summed E-state index contributed by atoms with van der Waals surface area (Å²) in [6.07, 6.45) is 3.09. The van der Waals surface area contributed by atoms with E-state index in [-0.39, 0.29) is 11.9 Å². The summed E-state index contributed by atoms with van der Waals surface area (Å²) < 4.78 is 13.6. The Morgan fingerprint density at radius 2 is 2.18 bits per heavy atom. The second-order valence-corrected chi connectivity index (χ2v) is 5.45. The second kappa shape index (κ2) is 6.23. The molecule has 1 aromatic heterocycles.